The van der Waals surface area contributed by atoms with Gasteiger partial charge in [0.15, 0.2) is 0 Å². The summed E-state index contributed by atoms with van der Waals surface area (Å²) in [5.41, 5.74) is 0.0514. The van der Waals surface area contributed by atoms with E-state index in [0.717, 1.165) is 6.42 Å². The van der Waals surface area contributed by atoms with Gasteiger partial charge in [0.2, 0.25) is 0 Å². The Bertz CT molecular complexity index is 770. The fourth-order valence-electron chi connectivity index (χ4n) is 3.50. The number of aliphatic hydroxyl groups is 4. The molecule has 1 aliphatic heterocycles. The lowest BCUT2D eigenvalue weighted by molar-refractivity contribution is -0.0231. The van der Waals surface area contributed by atoms with Crippen LogP contribution in [0.3, 0.4) is 0 Å². The van der Waals surface area contributed by atoms with Crippen LogP contribution in [0, 0.1) is 0 Å². The summed E-state index contributed by atoms with van der Waals surface area (Å²) in [5.74, 6) is -1.56. The molecule has 0 saturated carbocycles. The molecule has 10 heteroatoms. The number of nitrogens with zero attached hydrogens (tertiary/aromatic N) is 1. The van der Waals surface area contributed by atoms with Crippen LogP contribution in [0.5, 0.6) is 0 Å². The molecule has 0 amide bonds. The molecule has 4 atom stereocenters. The number of esters is 2. The van der Waals surface area contributed by atoms with E-state index in [9.17, 15) is 30.0 Å². The quantitative estimate of drug-likeness (QED) is 0.354. The van der Waals surface area contributed by atoms with E-state index in [1.54, 1.807) is 0 Å². The van der Waals surface area contributed by atoms with E-state index < -0.39 is 43.0 Å². The van der Waals surface area contributed by atoms with Crippen molar-refractivity contribution in [2.24, 2.45) is 0 Å². The van der Waals surface area contributed by atoms with Crippen molar-refractivity contribution in [2.75, 3.05) is 20.8 Å². The van der Waals surface area contributed by atoms with Gasteiger partial charge in [0, 0.05) is 17.7 Å². The van der Waals surface area contributed by atoms with Crippen molar-refractivity contribution in [1.29, 1.82) is 0 Å². The zero-order chi connectivity index (χ0) is 21.7. The predicted octanol–water partition coefficient (Wildman–Crippen LogP) is 0.544. The topological polar surface area (TPSA) is 148 Å². The van der Waals surface area contributed by atoms with Crippen LogP contribution in [0.4, 0.5) is 0 Å². The fraction of sp³-hybridized carbons (Fsp3) is 0.579. The van der Waals surface area contributed by atoms with E-state index in [2.05, 4.69) is 0 Å². The van der Waals surface area contributed by atoms with E-state index in [1.807, 2.05) is 6.92 Å². The molecule has 1 aliphatic rings. The molecular weight excluding hydrogens is 386 g/mol. The minimum atomic E-state index is -1.49. The number of unbranched alkanes of at least 4 members (excludes halogenated alkanes) is 1. The van der Waals surface area contributed by atoms with Crippen LogP contribution >= 0.6 is 0 Å². The molecule has 4 N–H and O–H groups in total. The van der Waals surface area contributed by atoms with Gasteiger partial charge in [-0.15, -0.1) is 0 Å². The molecule has 0 aliphatic carbocycles. The van der Waals surface area contributed by atoms with Gasteiger partial charge in [-0.05, 0) is 12.5 Å². The third-order valence-electron chi connectivity index (χ3n) is 4.90. The fourth-order valence-corrected chi connectivity index (χ4v) is 3.50. The summed E-state index contributed by atoms with van der Waals surface area (Å²) in [6.07, 6.45) is -2.03. The molecule has 1 aromatic heterocycles. The lowest BCUT2D eigenvalue weighted by atomic mass is 9.97. The molecule has 29 heavy (non-hydrogen) atoms. The average Bonchev–Trinajstić information content (AvgIpc) is 3.19. The zero-order valence-corrected chi connectivity index (χ0v) is 16.6. The number of carbonyl (C=O) groups is 2. The summed E-state index contributed by atoms with van der Waals surface area (Å²) in [5, 5.41) is 39.5. The highest BCUT2D eigenvalue weighted by Crippen LogP contribution is 2.40. The molecule has 0 aromatic carbocycles. The number of hydrogen-bond donors (Lipinski definition) is 4. The zero-order valence-electron chi connectivity index (χ0n) is 16.6. The first-order valence-electron chi connectivity index (χ1n) is 9.23. The summed E-state index contributed by atoms with van der Waals surface area (Å²) < 4.78 is 16.7. The normalized spacial score (nSPS) is 24.2. The van der Waals surface area contributed by atoms with Crippen LogP contribution in [-0.2, 0) is 20.8 Å². The van der Waals surface area contributed by atoms with Crippen LogP contribution in [0.25, 0.3) is 6.08 Å². The number of aromatic nitrogens is 1. The maximum Gasteiger partial charge on any atom is 0.355 e. The Morgan fingerprint density at radius 1 is 1.14 bits per heavy atom. The van der Waals surface area contributed by atoms with Crippen molar-refractivity contribution in [3.8, 4) is 0 Å². The highest BCUT2D eigenvalue weighted by molar-refractivity contribution is 5.99. The first-order chi connectivity index (χ1) is 13.9. The maximum absolute atomic E-state index is 12.7. The number of ether oxygens (including phenoxy) is 3. The van der Waals surface area contributed by atoms with Gasteiger partial charge >= 0.3 is 11.9 Å². The smallest absolute Gasteiger partial charge is 0.355 e. The van der Waals surface area contributed by atoms with Crippen LogP contribution in [0.15, 0.2) is 6.26 Å². The van der Waals surface area contributed by atoms with Crippen molar-refractivity contribution in [3.63, 3.8) is 0 Å². The first-order valence-corrected chi connectivity index (χ1v) is 9.23. The molecule has 2 rings (SSSR count). The predicted molar refractivity (Wildman–Crippen MR) is 100 cm³/mol. The molecule has 1 fully saturated rings. The van der Waals surface area contributed by atoms with E-state index in [4.69, 9.17) is 14.2 Å². The number of methoxy groups -OCH3 is 2. The van der Waals surface area contributed by atoms with Crippen LogP contribution in [0.2, 0.25) is 0 Å². The molecular formula is C19H27NO9. The number of aliphatic hydroxyl groups excluding tert-OH is 4. The Kier molecular flexibility index (Phi) is 7.80. The van der Waals surface area contributed by atoms with Crippen LogP contribution in [-0.4, -0.2) is 76.1 Å². The van der Waals surface area contributed by atoms with Gasteiger partial charge in [0.25, 0.3) is 0 Å². The molecule has 0 radical (unpaired) electrons. The third kappa shape index (κ3) is 4.15. The Morgan fingerprint density at radius 2 is 1.76 bits per heavy atom. The minimum Gasteiger partial charge on any atom is -0.516 e. The lowest BCUT2D eigenvalue weighted by Crippen LogP contribution is -2.32. The summed E-state index contributed by atoms with van der Waals surface area (Å²) in [6.45, 7) is 1.63. The molecule has 0 bridgehead atoms. The number of carbonyl (C=O) groups excluding carboxylic acids is 2. The van der Waals surface area contributed by atoms with E-state index in [-0.39, 0.29) is 29.1 Å². The van der Waals surface area contributed by atoms with Crippen molar-refractivity contribution in [2.45, 2.75) is 50.7 Å². The Hall–Kier alpha value is -2.40. The highest BCUT2D eigenvalue weighted by Gasteiger charge is 2.47. The number of rotatable bonds is 8. The average molecular weight is 413 g/mol. The molecule has 162 valence electrons. The van der Waals surface area contributed by atoms with E-state index in [0.29, 0.717) is 12.7 Å². The summed E-state index contributed by atoms with van der Waals surface area (Å²) in [4.78, 5) is 25.2. The van der Waals surface area contributed by atoms with Gasteiger partial charge in [-0.3, -0.25) is 0 Å². The third-order valence-corrected chi connectivity index (χ3v) is 4.90. The molecule has 2 heterocycles. The maximum atomic E-state index is 12.7. The molecule has 4 unspecified atom stereocenters. The van der Waals surface area contributed by atoms with Gasteiger partial charge in [0.1, 0.15) is 35.8 Å². The molecule has 10 nitrogen and oxygen atoms in total. The summed E-state index contributed by atoms with van der Waals surface area (Å²) >= 11 is 0. The Balaban J connectivity index is 2.84. The monoisotopic (exact) mass is 413 g/mol. The largest absolute Gasteiger partial charge is 0.516 e. The SMILES string of the molecule is CCCCn1c(C(=O)OC)c(C=CO)c(C2OC(CO)C(O)C2O)c1C(=O)OC. The van der Waals surface area contributed by atoms with Gasteiger partial charge in [-0.2, -0.15) is 0 Å². The van der Waals surface area contributed by atoms with Crippen LogP contribution in [0.1, 0.15) is 58.0 Å². The number of hydrogen-bond acceptors (Lipinski definition) is 9. The van der Waals surface area contributed by atoms with Crippen molar-refractivity contribution >= 4 is 18.0 Å². The second-order valence-corrected chi connectivity index (χ2v) is 6.59. The first kappa shape index (κ1) is 22.9. The Labute approximate surface area is 167 Å². The lowest BCUT2D eigenvalue weighted by Gasteiger charge is -2.17. The van der Waals surface area contributed by atoms with Gasteiger partial charge in [-0.1, -0.05) is 13.3 Å². The molecule has 1 aromatic rings. The molecule has 1 saturated heterocycles. The van der Waals surface area contributed by atoms with E-state index in [1.165, 1.54) is 24.9 Å². The summed E-state index contributed by atoms with van der Waals surface area (Å²) in [7, 11) is 2.34. The highest BCUT2D eigenvalue weighted by atomic mass is 16.6. The second kappa shape index (κ2) is 9.88. The standard InChI is InChI=1S/C19H27NO9/c1-4-5-7-20-13(18(25)27-2)10(6-8-21)12(14(20)19(26)28-3)17-16(24)15(23)11(9-22)29-17/h6,8,11,15-17,21-24H,4-5,7,9H2,1-3H3. The van der Waals surface area contributed by atoms with Crippen molar-refractivity contribution in [1.82, 2.24) is 4.57 Å². The van der Waals surface area contributed by atoms with Gasteiger partial charge in [0.05, 0.1) is 27.1 Å². The van der Waals surface area contributed by atoms with Gasteiger partial charge in [-0.25, -0.2) is 9.59 Å². The van der Waals surface area contributed by atoms with E-state index >= 15 is 0 Å². The van der Waals surface area contributed by atoms with Crippen molar-refractivity contribution in [3.05, 3.63) is 28.8 Å². The van der Waals surface area contributed by atoms with Gasteiger partial charge < -0.3 is 39.2 Å². The van der Waals surface area contributed by atoms with Crippen molar-refractivity contribution < 1.29 is 44.2 Å². The molecule has 0 spiro atoms. The second-order valence-electron chi connectivity index (χ2n) is 6.59. The Morgan fingerprint density at radius 3 is 2.24 bits per heavy atom. The minimum absolute atomic E-state index is 0.0283. The summed E-state index contributed by atoms with van der Waals surface area (Å²) in [6, 6.07) is 0. The van der Waals surface area contributed by atoms with Crippen LogP contribution < -0.4 is 0 Å².